The molecule has 134 valence electrons. The van der Waals surface area contributed by atoms with Crippen molar-refractivity contribution in [1.82, 2.24) is 10.3 Å². The van der Waals surface area contributed by atoms with Crippen LogP contribution in [-0.2, 0) is 12.7 Å². The number of furan rings is 1. The van der Waals surface area contributed by atoms with Gasteiger partial charge in [-0.2, -0.15) is 13.2 Å². The number of pyridine rings is 1. The summed E-state index contributed by atoms with van der Waals surface area (Å²) < 4.78 is 43.3. The summed E-state index contributed by atoms with van der Waals surface area (Å²) >= 11 is 0. The molecule has 0 bridgehead atoms. The Morgan fingerprint density at radius 2 is 1.85 bits per heavy atom. The number of aromatic nitrogens is 1. The van der Waals surface area contributed by atoms with Crippen LogP contribution < -0.4 is 10.6 Å². The zero-order chi connectivity index (χ0) is 18.6. The molecule has 3 aromatic rings. The monoisotopic (exact) mass is 361 g/mol. The molecular formula is C18H14F3N3O2. The quantitative estimate of drug-likeness (QED) is 0.709. The lowest BCUT2D eigenvalue weighted by molar-refractivity contribution is -0.137. The molecule has 2 N–H and O–H groups in total. The summed E-state index contributed by atoms with van der Waals surface area (Å²) in [7, 11) is 0. The molecule has 26 heavy (non-hydrogen) atoms. The lowest BCUT2D eigenvalue weighted by Gasteiger charge is -2.07. The topological polar surface area (TPSA) is 67.2 Å². The number of hydrogen-bond donors (Lipinski definition) is 2. The van der Waals surface area contributed by atoms with Crippen molar-refractivity contribution in [1.29, 1.82) is 0 Å². The maximum Gasteiger partial charge on any atom is 0.416 e. The summed E-state index contributed by atoms with van der Waals surface area (Å²) in [6.45, 7) is 0.132. The first-order chi connectivity index (χ1) is 12.4. The van der Waals surface area contributed by atoms with Crippen molar-refractivity contribution < 1.29 is 22.4 Å². The molecular weight excluding hydrogens is 347 g/mol. The van der Waals surface area contributed by atoms with Crippen LogP contribution in [-0.4, -0.2) is 11.0 Å². The summed E-state index contributed by atoms with van der Waals surface area (Å²) in [6, 6.07) is 10.9. The third-order valence-corrected chi connectivity index (χ3v) is 3.50. The zero-order valence-electron chi connectivity index (χ0n) is 13.4. The number of hydrogen-bond acceptors (Lipinski definition) is 3. The van der Waals surface area contributed by atoms with Gasteiger partial charge in [0.05, 0.1) is 24.0 Å². The maximum atomic E-state index is 12.6. The Morgan fingerprint density at radius 1 is 1.08 bits per heavy atom. The van der Waals surface area contributed by atoms with Crippen LogP contribution in [0.1, 0.15) is 11.3 Å². The first-order valence-electron chi connectivity index (χ1n) is 7.63. The summed E-state index contributed by atoms with van der Waals surface area (Å²) in [4.78, 5) is 15.7. The lowest BCUT2D eigenvalue weighted by Crippen LogP contribution is -2.27. The van der Waals surface area contributed by atoms with Gasteiger partial charge in [0, 0.05) is 11.8 Å². The molecule has 0 aliphatic rings. The second kappa shape index (κ2) is 7.30. The van der Waals surface area contributed by atoms with Crippen LogP contribution in [0.5, 0.6) is 0 Å². The molecule has 0 aliphatic carbocycles. The Kier molecular flexibility index (Phi) is 4.92. The van der Waals surface area contributed by atoms with Gasteiger partial charge in [0.2, 0.25) is 0 Å². The van der Waals surface area contributed by atoms with Crippen molar-refractivity contribution >= 4 is 11.7 Å². The molecule has 0 atom stereocenters. The second-order valence-electron chi connectivity index (χ2n) is 5.39. The molecule has 0 unspecified atom stereocenters. The van der Waals surface area contributed by atoms with Gasteiger partial charge in [0.1, 0.15) is 11.5 Å². The van der Waals surface area contributed by atoms with E-state index in [0.29, 0.717) is 22.8 Å². The van der Waals surface area contributed by atoms with Crippen LogP contribution in [0.4, 0.5) is 23.7 Å². The predicted molar refractivity (Wildman–Crippen MR) is 89.2 cm³/mol. The van der Waals surface area contributed by atoms with Crippen LogP contribution >= 0.6 is 0 Å². The molecule has 2 amide bonds. The van der Waals surface area contributed by atoms with Gasteiger partial charge in [0.15, 0.2) is 0 Å². The van der Waals surface area contributed by atoms with Gasteiger partial charge in [0.25, 0.3) is 0 Å². The second-order valence-corrected chi connectivity index (χ2v) is 5.39. The number of nitrogens with one attached hydrogen (secondary N) is 2. The Hall–Kier alpha value is -3.29. The van der Waals surface area contributed by atoms with Crippen molar-refractivity contribution in [3.8, 4) is 11.3 Å². The van der Waals surface area contributed by atoms with E-state index in [4.69, 9.17) is 4.42 Å². The Morgan fingerprint density at radius 3 is 2.50 bits per heavy atom. The fourth-order valence-electron chi connectivity index (χ4n) is 2.23. The van der Waals surface area contributed by atoms with Gasteiger partial charge < -0.3 is 15.1 Å². The first kappa shape index (κ1) is 17.5. The summed E-state index contributed by atoms with van der Waals surface area (Å²) in [6.07, 6.45) is -1.28. The van der Waals surface area contributed by atoms with Crippen LogP contribution in [0.25, 0.3) is 11.3 Å². The molecule has 2 heterocycles. The van der Waals surface area contributed by atoms with E-state index >= 15 is 0 Å². The molecule has 0 spiro atoms. The summed E-state index contributed by atoms with van der Waals surface area (Å²) in [5.74, 6) is 0.893. The van der Waals surface area contributed by atoms with E-state index < -0.39 is 17.8 Å². The number of rotatable bonds is 4. The van der Waals surface area contributed by atoms with E-state index in [-0.39, 0.29) is 6.54 Å². The number of anilines is 1. The number of carbonyl (C=O) groups excluding carboxylic acids is 1. The third-order valence-electron chi connectivity index (χ3n) is 3.50. The Balaban J connectivity index is 1.58. The van der Waals surface area contributed by atoms with Gasteiger partial charge in [-0.1, -0.05) is 12.1 Å². The van der Waals surface area contributed by atoms with Crippen molar-refractivity contribution in [2.75, 3.05) is 5.32 Å². The Labute approximate surface area is 146 Å². The zero-order valence-corrected chi connectivity index (χ0v) is 13.4. The number of alkyl halides is 3. The first-order valence-corrected chi connectivity index (χ1v) is 7.63. The molecule has 0 radical (unpaired) electrons. The molecule has 0 saturated carbocycles. The van der Waals surface area contributed by atoms with Crippen LogP contribution in [0.3, 0.4) is 0 Å². The molecule has 3 rings (SSSR count). The van der Waals surface area contributed by atoms with Gasteiger partial charge in [-0.3, -0.25) is 4.98 Å². The number of carbonyl (C=O) groups is 1. The number of benzene rings is 1. The van der Waals surface area contributed by atoms with E-state index in [1.54, 1.807) is 30.5 Å². The summed E-state index contributed by atoms with van der Waals surface area (Å²) in [5, 5.41) is 5.23. The fraction of sp³-hybridized carbons (Fsp3) is 0.111. The van der Waals surface area contributed by atoms with Crippen molar-refractivity contribution in [2.45, 2.75) is 12.7 Å². The van der Waals surface area contributed by atoms with Crippen LogP contribution in [0.15, 0.2) is 65.3 Å². The van der Waals surface area contributed by atoms with Crippen molar-refractivity contribution in [2.24, 2.45) is 0 Å². The number of amides is 2. The van der Waals surface area contributed by atoms with E-state index in [1.165, 1.54) is 18.3 Å². The predicted octanol–water partition coefficient (Wildman–Crippen LogP) is 4.68. The highest BCUT2D eigenvalue weighted by Crippen LogP contribution is 2.31. The van der Waals surface area contributed by atoms with E-state index in [9.17, 15) is 18.0 Å². The maximum absolute atomic E-state index is 12.6. The molecule has 0 saturated heterocycles. The van der Waals surface area contributed by atoms with Crippen LogP contribution in [0, 0.1) is 0 Å². The highest BCUT2D eigenvalue weighted by molar-refractivity contribution is 5.88. The number of nitrogens with zero attached hydrogens (tertiary/aromatic N) is 1. The highest BCUT2D eigenvalue weighted by atomic mass is 19.4. The van der Waals surface area contributed by atoms with Gasteiger partial charge in [-0.25, -0.2) is 4.79 Å². The van der Waals surface area contributed by atoms with Gasteiger partial charge in [-0.05, 0) is 36.4 Å². The third kappa shape index (κ3) is 4.41. The SMILES string of the molecule is O=C(NCc1ccc(-c2ccc(C(F)(F)F)cc2)o1)Nc1cccnc1. The minimum Gasteiger partial charge on any atom is -0.459 e. The average Bonchev–Trinajstić information content (AvgIpc) is 3.09. The summed E-state index contributed by atoms with van der Waals surface area (Å²) in [5.41, 5.74) is 0.348. The van der Waals surface area contributed by atoms with E-state index in [2.05, 4.69) is 15.6 Å². The fourth-order valence-corrected chi connectivity index (χ4v) is 2.23. The lowest BCUT2D eigenvalue weighted by atomic mass is 10.1. The molecule has 2 aromatic heterocycles. The standard InChI is InChI=1S/C18H14F3N3O2/c19-18(20,21)13-5-3-12(4-6-13)16-8-7-15(26-16)11-23-17(25)24-14-2-1-9-22-10-14/h1-10H,11H2,(H2,23,24,25). The highest BCUT2D eigenvalue weighted by Gasteiger charge is 2.30. The number of halogens is 3. The molecule has 1 aromatic carbocycles. The van der Waals surface area contributed by atoms with E-state index in [0.717, 1.165) is 12.1 Å². The van der Waals surface area contributed by atoms with Gasteiger partial charge in [-0.15, -0.1) is 0 Å². The van der Waals surface area contributed by atoms with E-state index in [1.807, 2.05) is 0 Å². The normalized spacial score (nSPS) is 11.2. The largest absolute Gasteiger partial charge is 0.459 e. The van der Waals surface area contributed by atoms with Gasteiger partial charge >= 0.3 is 12.2 Å². The van der Waals surface area contributed by atoms with Crippen molar-refractivity contribution in [3.05, 3.63) is 72.2 Å². The minimum absolute atomic E-state index is 0.132. The minimum atomic E-state index is -4.38. The van der Waals surface area contributed by atoms with Crippen LogP contribution in [0.2, 0.25) is 0 Å². The molecule has 0 fully saturated rings. The van der Waals surface area contributed by atoms with Crippen molar-refractivity contribution in [3.63, 3.8) is 0 Å². The molecule has 8 heteroatoms. The molecule has 5 nitrogen and oxygen atoms in total. The average molecular weight is 361 g/mol. The number of urea groups is 1. The smallest absolute Gasteiger partial charge is 0.416 e. The Bertz CT molecular complexity index is 875. The molecule has 0 aliphatic heterocycles.